The second-order valence-electron chi connectivity index (χ2n) is 8.91. The lowest BCUT2D eigenvalue weighted by atomic mass is 9.85. The summed E-state index contributed by atoms with van der Waals surface area (Å²) < 4.78 is 5.88. The van der Waals surface area contributed by atoms with Crippen LogP contribution in [-0.2, 0) is 9.53 Å². The number of nitrogens with zero attached hydrogens (tertiary/aromatic N) is 1. The second kappa shape index (κ2) is 8.14. The quantitative estimate of drug-likeness (QED) is 0.824. The molecule has 4 aliphatic rings. The number of hydrogen-bond acceptors (Lipinski definition) is 3. The summed E-state index contributed by atoms with van der Waals surface area (Å²) in [6.45, 7) is 6.27. The van der Waals surface area contributed by atoms with E-state index >= 15 is 0 Å². The summed E-state index contributed by atoms with van der Waals surface area (Å²) in [5.41, 5.74) is 0.346. The summed E-state index contributed by atoms with van der Waals surface area (Å²) in [7, 11) is 0. The van der Waals surface area contributed by atoms with E-state index in [1.54, 1.807) is 0 Å². The summed E-state index contributed by atoms with van der Waals surface area (Å²) in [5, 5.41) is 3.45. The highest BCUT2D eigenvalue weighted by atomic mass is 35.5. The van der Waals surface area contributed by atoms with Crippen molar-refractivity contribution in [1.82, 2.24) is 10.2 Å². The first-order valence-corrected chi connectivity index (χ1v) is 10.3. The molecule has 2 aliphatic carbocycles. The fraction of sp³-hybridized carbons (Fsp3) is 0.950. The Hall–Kier alpha value is -0.320. The molecule has 1 spiro atoms. The van der Waals surface area contributed by atoms with Crippen molar-refractivity contribution < 1.29 is 9.53 Å². The monoisotopic (exact) mass is 370 g/mol. The van der Waals surface area contributed by atoms with Gasteiger partial charge in [-0.15, -0.1) is 12.4 Å². The van der Waals surface area contributed by atoms with Gasteiger partial charge >= 0.3 is 0 Å². The third-order valence-corrected chi connectivity index (χ3v) is 7.22. The van der Waals surface area contributed by atoms with Crippen molar-refractivity contribution >= 4 is 18.3 Å². The van der Waals surface area contributed by atoms with Gasteiger partial charge < -0.3 is 15.0 Å². The highest BCUT2D eigenvalue weighted by Crippen LogP contribution is 2.59. The minimum atomic E-state index is 0. The van der Waals surface area contributed by atoms with E-state index in [-0.39, 0.29) is 18.5 Å². The topological polar surface area (TPSA) is 41.6 Å². The summed E-state index contributed by atoms with van der Waals surface area (Å²) in [4.78, 5) is 15.7. The molecule has 1 N–H and O–H groups in total. The smallest absolute Gasteiger partial charge is 0.226 e. The van der Waals surface area contributed by atoms with Crippen molar-refractivity contribution in [3.8, 4) is 0 Å². The van der Waals surface area contributed by atoms with Crippen molar-refractivity contribution in [3.05, 3.63) is 0 Å². The molecule has 4 rings (SSSR count). The predicted octanol–water partition coefficient (Wildman–Crippen LogP) is 3.38. The van der Waals surface area contributed by atoms with Gasteiger partial charge in [-0.25, -0.2) is 0 Å². The standard InChI is InChI=1S/C20H34N2O2.ClH/c1-15-4-6-16(7-5-15)22(14-17-3-2-12-24-17)19(23)18-13-20(18)8-10-21-11-9-20;/h15-18,21H,2-14H2,1H3;1H. The number of ether oxygens (including phenoxy) is 1. The maximum Gasteiger partial charge on any atom is 0.226 e. The minimum Gasteiger partial charge on any atom is -0.376 e. The van der Waals surface area contributed by atoms with E-state index in [1.807, 2.05) is 0 Å². The zero-order chi connectivity index (χ0) is 16.6. The third-order valence-electron chi connectivity index (χ3n) is 7.22. The van der Waals surface area contributed by atoms with Crippen LogP contribution in [0.5, 0.6) is 0 Å². The Labute approximate surface area is 158 Å². The number of nitrogens with one attached hydrogen (secondary N) is 1. The maximum absolute atomic E-state index is 13.4. The molecule has 0 bridgehead atoms. The van der Waals surface area contributed by atoms with E-state index in [0.29, 0.717) is 23.3 Å². The molecular formula is C20H35ClN2O2. The lowest BCUT2D eigenvalue weighted by Gasteiger charge is -2.38. The molecule has 2 heterocycles. The van der Waals surface area contributed by atoms with Gasteiger partial charge in [0.05, 0.1) is 6.10 Å². The number of carbonyl (C=O) groups is 1. The van der Waals surface area contributed by atoms with E-state index < -0.39 is 0 Å². The number of halogens is 1. The Morgan fingerprint density at radius 3 is 2.52 bits per heavy atom. The Kier molecular flexibility index (Phi) is 6.33. The molecule has 2 saturated heterocycles. The lowest BCUT2D eigenvalue weighted by Crippen LogP contribution is -2.47. The van der Waals surface area contributed by atoms with Crippen molar-refractivity contribution in [2.24, 2.45) is 17.3 Å². The Morgan fingerprint density at radius 2 is 1.88 bits per heavy atom. The molecule has 25 heavy (non-hydrogen) atoms. The molecule has 2 unspecified atom stereocenters. The van der Waals surface area contributed by atoms with Crippen LogP contribution in [0.1, 0.15) is 64.7 Å². The van der Waals surface area contributed by atoms with Gasteiger partial charge in [0.25, 0.3) is 0 Å². The van der Waals surface area contributed by atoms with Crippen LogP contribution in [0.2, 0.25) is 0 Å². The molecule has 4 nitrogen and oxygen atoms in total. The molecule has 144 valence electrons. The molecule has 0 aromatic carbocycles. The molecule has 2 aliphatic heterocycles. The average molecular weight is 371 g/mol. The number of piperidine rings is 1. The molecule has 4 fully saturated rings. The van der Waals surface area contributed by atoms with E-state index in [1.165, 1.54) is 38.5 Å². The summed E-state index contributed by atoms with van der Waals surface area (Å²) in [6.07, 6.45) is 11.0. The van der Waals surface area contributed by atoms with Crippen LogP contribution in [0.4, 0.5) is 0 Å². The first-order valence-electron chi connectivity index (χ1n) is 10.3. The van der Waals surface area contributed by atoms with Crippen LogP contribution in [0.3, 0.4) is 0 Å². The van der Waals surface area contributed by atoms with Gasteiger partial charge in [0.1, 0.15) is 0 Å². The molecular weight excluding hydrogens is 336 g/mol. The predicted molar refractivity (Wildman–Crippen MR) is 102 cm³/mol. The Bertz CT molecular complexity index is 453. The molecule has 2 saturated carbocycles. The molecule has 2 atom stereocenters. The average Bonchev–Trinajstić information content (AvgIpc) is 3.05. The SMILES string of the molecule is CC1CCC(N(CC2CCCO2)C(=O)C2CC23CCNCC3)CC1.Cl. The Morgan fingerprint density at radius 1 is 1.16 bits per heavy atom. The largest absolute Gasteiger partial charge is 0.376 e. The highest BCUT2D eigenvalue weighted by molar-refractivity contribution is 5.85. The molecule has 0 aromatic rings. The second-order valence-corrected chi connectivity index (χ2v) is 8.91. The van der Waals surface area contributed by atoms with Gasteiger partial charge in [-0.05, 0) is 82.2 Å². The van der Waals surface area contributed by atoms with E-state index in [4.69, 9.17) is 4.74 Å². The minimum absolute atomic E-state index is 0. The highest BCUT2D eigenvalue weighted by Gasteiger charge is 2.59. The first-order chi connectivity index (χ1) is 11.7. The van der Waals surface area contributed by atoms with Crippen LogP contribution >= 0.6 is 12.4 Å². The van der Waals surface area contributed by atoms with Gasteiger partial charge in [-0.3, -0.25) is 4.79 Å². The molecule has 5 heteroatoms. The molecule has 0 radical (unpaired) electrons. The van der Waals surface area contributed by atoms with Crippen molar-refractivity contribution in [1.29, 1.82) is 0 Å². The van der Waals surface area contributed by atoms with E-state index in [2.05, 4.69) is 17.1 Å². The van der Waals surface area contributed by atoms with Gasteiger partial charge in [0, 0.05) is 25.1 Å². The van der Waals surface area contributed by atoms with Crippen molar-refractivity contribution in [3.63, 3.8) is 0 Å². The lowest BCUT2D eigenvalue weighted by molar-refractivity contribution is -0.138. The summed E-state index contributed by atoms with van der Waals surface area (Å²) in [6, 6.07) is 0.470. The summed E-state index contributed by atoms with van der Waals surface area (Å²) in [5.74, 6) is 1.60. The Balaban J connectivity index is 0.00000182. The number of hydrogen-bond donors (Lipinski definition) is 1. The zero-order valence-corrected chi connectivity index (χ0v) is 16.5. The molecule has 1 amide bonds. The van der Waals surface area contributed by atoms with Crippen LogP contribution in [0.15, 0.2) is 0 Å². The van der Waals surface area contributed by atoms with Crippen LogP contribution in [0, 0.1) is 17.3 Å². The maximum atomic E-state index is 13.4. The fourth-order valence-corrected chi connectivity index (χ4v) is 5.36. The van der Waals surface area contributed by atoms with E-state index in [0.717, 1.165) is 51.4 Å². The van der Waals surface area contributed by atoms with E-state index in [9.17, 15) is 4.79 Å². The van der Waals surface area contributed by atoms with Gasteiger partial charge in [0.15, 0.2) is 0 Å². The number of carbonyl (C=O) groups excluding carboxylic acids is 1. The van der Waals surface area contributed by atoms with Gasteiger partial charge in [-0.2, -0.15) is 0 Å². The van der Waals surface area contributed by atoms with Gasteiger partial charge in [0.2, 0.25) is 5.91 Å². The molecule has 0 aromatic heterocycles. The van der Waals surface area contributed by atoms with Gasteiger partial charge in [-0.1, -0.05) is 6.92 Å². The van der Waals surface area contributed by atoms with Crippen molar-refractivity contribution in [2.45, 2.75) is 76.9 Å². The number of amides is 1. The third kappa shape index (κ3) is 4.17. The number of rotatable bonds is 4. The zero-order valence-electron chi connectivity index (χ0n) is 15.7. The van der Waals surface area contributed by atoms with Crippen LogP contribution in [-0.4, -0.2) is 49.2 Å². The fourth-order valence-electron chi connectivity index (χ4n) is 5.36. The van der Waals surface area contributed by atoms with Crippen molar-refractivity contribution in [2.75, 3.05) is 26.2 Å². The van der Waals surface area contributed by atoms with Crippen LogP contribution in [0.25, 0.3) is 0 Å². The summed E-state index contributed by atoms with van der Waals surface area (Å²) >= 11 is 0. The first kappa shape index (κ1) is 19.4. The normalized spacial score (nSPS) is 36.7. The van der Waals surface area contributed by atoms with Crippen LogP contribution < -0.4 is 5.32 Å².